The van der Waals surface area contributed by atoms with Gasteiger partial charge in [-0.25, -0.2) is 9.97 Å². The fourth-order valence-corrected chi connectivity index (χ4v) is 3.05. The van der Waals surface area contributed by atoms with Crippen LogP contribution in [0.2, 0.25) is 5.02 Å². The first-order chi connectivity index (χ1) is 10.6. The van der Waals surface area contributed by atoms with E-state index >= 15 is 0 Å². The summed E-state index contributed by atoms with van der Waals surface area (Å²) in [5.74, 6) is 1.59. The van der Waals surface area contributed by atoms with Gasteiger partial charge >= 0.3 is 0 Å². The molecule has 1 N–H and O–H groups in total. The monoisotopic (exact) mass is 316 g/mol. The highest BCUT2D eigenvalue weighted by Crippen LogP contribution is 2.28. The molecule has 0 unspecified atom stereocenters. The molecule has 0 amide bonds. The van der Waals surface area contributed by atoms with E-state index in [0.717, 1.165) is 65.1 Å². The van der Waals surface area contributed by atoms with E-state index in [2.05, 4.69) is 20.3 Å². The molecule has 3 aromatic rings. The lowest BCUT2D eigenvalue weighted by molar-refractivity contribution is 0.575. The van der Waals surface area contributed by atoms with Crippen molar-refractivity contribution in [2.45, 2.75) is 13.8 Å². The highest BCUT2D eigenvalue weighted by molar-refractivity contribution is 6.32. The van der Waals surface area contributed by atoms with Gasteiger partial charge in [-0.05, 0) is 31.5 Å². The van der Waals surface area contributed by atoms with Gasteiger partial charge in [0.15, 0.2) is 5.65 Å². The number of aromatic nitrogens is 4. The largest absolute Gasteiger partial charge is 0.338 e. The molecule has 1 fully saturated rings. The Labute approximate surface area is 133 Å². The number of piperazine rings is 1. The Kier molecular flexibility index (Phi) is 3.16. The van der Waals surface area contributed by atoms with E-state index in [0.29, 0.717) is 0 Å². The smallest absolute Gasteiger partial charge is 0.229 e. The summed E-state index contributed by atoms with van der Waals surface area (Å²) in [6, 6.07) is 3.96. The predicted octanol–water partition coefficient (Wildman–Crippen LogP) is 1.96. The minimum Gasteiger partial charge on any atom is -0.338 e. The van der Waals surface area contributed by atoms with Gasteiger partial charge in [-0.15, -0.1) is 5.10 Å². The van der Waals surface area contributed by atoms with Gasteiger partial charge in [-0.2, -0.15) is 4.52 Å². The zero-order chi connectivity index (χ0) is 15.3. The number of anilines is 1. The lowest BCUT2D eigenvalue weighted by Crippen LogP contribution is -2.44. The fraction of sp³-hybridized carbons (Fsp3) is 0.400. The van der Waals surface area contributed by atoms with Crippen LogP contribution < -0.4 is 10.2 Å². The SMILES string of the molecule is Cc1nc2c3cc(Cl)c(C)cc3nc(N3CCNCC3)n2n1. The third kappa shape index (κ3) is 2.10. The van der Waals surface area contributed by atoms with Crippen molar-refractivity contribution in [3.05, 3.63) is 28.5 Å². The Bertz CT molecular complexity index is 865. The van der Waals surface area contributed by atoms with Crippen molar-refractivity contribution in [1.29, 1.82) is 0 Å². The summed E-state index contributed by atoms with van der Waals surface area (Å²) >= 11 is 6.28. The van der Waals surface area contributed by atoms with Crippen molar-refractivity contribution in [2.75, 3.05) is 31.1 Å². The zero-order valence-corrected chi connectivity index (χ0v) is 13.4. The molecular weight excluding hydrogens is 300 g/mol. The molecule has 0 atom stereocenters. The summed E-state index contributed by atoms with van der Waals surface area (Å²) in [5, 5.41) is 9.56. The van der Waals surface area contributed by atoms with Gasteiger partial charge in [0, 0.05) is 36.6 Å². The molecule has 0 saturated carbocycles. The molecule has 1 aromatic carbocycles. The van der Waals surface area contributed by atoms with Crippen LogP contribution in [0.25, 0.3) is 16.6 Å². The third-order valence-corrected chi connectivity index (χ3v) is 4.45. The standard InChI is InChI=1S/C15H17ClN6/c1-9-7-13-11(8-12(9)16)14-18-10(2)20-22(14)15(19-13)21-5-3-17-4-6-21/h7-8,17H,3-6H2,1-2H3. The van der Waals surface area contributed by atoms with E-state index in [9.17, 15) is 0 Å². The molecule has 0 bridgehead atoms. The third-order valence-electron chi connectivity index (χ3n) is 4.04. The number of hydrogen-bond acceptors (Lipinski definition) is 5. The summed E-state index contributed by atoms with van der Waals surface area (Å²) in [4.78, 5) is 11.7. The minimum absolute atomic E-state index is 0.728. The second-order valence-corrected chi connectivity index (χ2v) is 6.07. The Hall–Kier alpha value is -1.92. The fourth-order valence-electron chi connectivity index (χ4n) is 2.89. The zero-order valence-electron chi connectivity index (χ0n) is 12.6. The number of rotatable bonds is 1. The van der Waals surface area contributed by atoms with Crippen LogP contribution in [0.3, 0.4) is 0 Å². The first-order valence-corrected chi connectivity index (χ1v) is 7.80. The van der Waals surface area contributed by atoms with Crippen LogP contribution in [0.15, 0.2) is 12.1 Å². The minimum atomic E-state index is 0.728. The summed E-state index contributed by atoms with van der Waals surface area (Å²) in [6.45, 7) is 7.63. The molecule has 0 aliphatic carbocycles. The molecule has 0 spiro atoms. The van der Waals surface area contributed by atoms with E-state index in [1.54, 1.807) is 0 Å². The number of fused-ring (bicyclic) bond motifs is 3. The van der Waals surface area contributed by atoms with E-state index in [4.69, 9.17) is 16.6 Å². The van der Waals surface area contributed by atoms with Gasteiger partial charge in [-0.1, -0.05) is 11.6 Å². The maximum absolute atomic E-state index is 6.28. The lowest BCUT2D eigenvalue weighted by Gasteiger charge is -2.28. The molecule has 1 aliphatic rings. The average molecular weight is 317 g/mol. The van der Waals surface area contributed by atoms with Crippen LogP contribution >= 0.6 is 11.6 Å². The van der Waals surface area contributed by atoms with Crippen molar-refractivity contribution in [3.63, 3.8) is 0 Å². The van der Waals surface area contributed by atoms with Crippen LogP contribution in [0, 0.1) is 13.8 Å². The maximum atomic E-state index is 6.28. The maximum Gasteiger partial charge on any atom is 0.229 e. The predicted molar refractivity (Wildman–Crippen MR) is 87.9 cm³/mol. The normalized spacial score (nSPS) is 15.9. The quantitative estimate of drug-likeness (QED) is 0.743. The van der Waals surface area contributed by atoms with Crippen molar-refractivity contribution in [3.8, 4) is 0 Å². The van der Waals surface area contributed by atoms with Crippen LogP contribution in [-0.2, 0) is 0 Å². The number of nitrogens with one attached hydrogen (secondary N) is 1. The van der Waals surface area contributed by atoms with E-state index in [1.807, 2.05) is 30.5 Å². The Morgan fingerprint density at radius 2 is 1.91 bits per heavy atom. The van der Waals surface area contributed by atoms with Crippen molar-refractivity contribution in [2.24, 2.45) is 0 Å². The second kappa shape index (κ2) is 5.07. The highest BCUT2D eigenvalue weighted by atomic mass is 35.5. The van der Waals surface area contributed by atoms with Gasteiger partial charge < -0.3 is 10.2 Å². The van der Waals surface area contributed by atoms with Crippen molar-refractivity contribution < 1.29 is 0 Å². The van der Waals surface area contributed by atoms with Gasteiger partial charge in [0.25, 0.3) is 0 Å². The number of nitrogens with zero attached hydrogens (tertiary/aromatic N) is 5. The molecule has 4 rings (SSSR count). The van der Waals surface area contributed by atoms with Crippen molar-refractivity contribution >= 4 is 34.1 Å². The first-order valence-electron chi connectivity index (χ1n) is 7.42. The number of halogens is 1. The van der Waals surface area contributed by atoms with Gasteiger partial charge in [0.05, 0.1) is 5.52 Å². The summed E-state index contributed by atoms with van der Waals surface area (Å²) in [7, 11) is 0. The molecule has 22 heavy (non-hydrogen) atoms. The highest BCUT2D eigenvalue weighted by Gasteiger charge is 2.19. The Morgan fingerprint density at radius 3 is 2.68 bits per heavy atom. The first kappa shape index (κ1) is 13.7. The molecule has 2 aromatic heterocycles. The summed E-state index contributed by atoms with van der Waals surface area (Å²) in [5.41, 5.74) is 2.75. The van der Waals surface area contributed by atoms with Crippen LogP contribution in [0.5, 0.6) is 0 Å². The van der Waals surface area contributed by atoms with Gasteiger partial charge in [0.1, 0.15) is 5.82 Å². The molecule has 1 aliphatic heterocycles. The van der Waals surface area contributed by atoms with Crippen LogP contribution in [-0.4, -0.2) is 45.8 Å². The molecule has 3 heterocycles. The lowest BCUT2D eigenvalue weighted by atomic mass is 10.1. The molecular formula is C15H17ClN6. The number of hydrogen-bond donors (Lipinski definition) is 1. The van der Waals surface area contributed by atoms with E-state index in [1.165, 1.54) is 0 Å². The summed E-state index contributed by atoms with van der Waals surface area (Å²) in [6.07, 6.45) is 0. The molecule has 114 valence electrons. The van der Waals surface area contributed by atoms with Gasteiger partial charge in [0.2, 0.25) is 5.95 Å². The van der Waals surface area contributed by atoms with Crippen LogP contribution in [0.1, 0.15) is 11.4 Å². The van der Waals surface area contributed by atoms with E-state index < -0.39 is 0 Å². The Balaban J connectivity index is 2.03. The topological polar surface area (TPSA) is 58.4 Å². The Morgan fingerprint density at radius 1 is 1.14 bits per heavy atom. The second-order valence-electron chi connectivity index (χ2n) is 5.66. The molecule has 1 saturated heterocycles. The molecule has 7 heteroatoms. The van der Waals surface area contributed by atoms with Crippen LogP contribution in [0.4, 0.5) is 5.95 Å². The van der Waals surface area contributed by atoms with Gasteiger partial charge in [-0.3, -0.25) is 0 Å². The van der Waals surface area contributed by atoms with Crippen molar-refractivity contribution in [1.82, 2.24) is 24.9 Å². The molecule has 0 radical (unpaired) electrons. The average Bonchev–Trinajstić information content (AvgIpc) is 2.91. The summed E-state index contributed by atoms with van der Waals surface area (Å²) < 4.78 is 1.84. The number of aryl methyl sites for hydroxylation is 2. The number of benzene rings is 1. The van der Waals surface area contributed by atoms with E-state index in [-0.39, 0.29) is 0 Å². The molecule has 6 nitrogen and oxygen atoms in total.